The van der Waals surface area contributed by atoms with Gasteiger partial charge in [0.25, 0.3) is 0 Å². The van der Waals surface area contributed by atoms with E-state index in [-0.39, 0.29) is 6.04 Å². The SMILES string of the molecule is CC1=C(C(=O)O)C=C(CCN2CCOCC2)NC1C. The maximum absolute atomic E-state index is 11.2. The summed E-state index contributed by atoms with van der Waals surface area (Å²) in [6.45, 7) is 8.33. The summed E-state index contributed by atoms with van der Waals surface area (Å²) in [5.74, 6) is -0.838. The van der Waals surface area contributed by atoms with Crippen molar-refractivity contribution in [2.75, 3.05) is 32.8 Å². The Balaban J connectivity index is 1.96. The summed E-state index contributed by atoms with van der Waals surface area (Å²) in [6, 6.07) is 0.0933. The Morgan fingerprint density at radius 2 is 2.21 bits per heavy atom. The number of aliphatic carboxylic acids is 1. The summed E-state index contributed by atoms with van der Waals surface area (Å²) in [4.78, 5) is 13.6. The average molecular weight is 266 g/mol. The maximum atomic E-state index is 11.2. The van der Waals surface area contributed by atoms with Gasteiger partial charge in [-0.25, -0.2) is 4.79 Å². The molecular formula is C14H22N2O3. The van der Waals surface area contributed by atoms with E-state index in [1.165, 1.54) is 0 Å². The highest BCUT2D eigenvalue weighted by Crippen LogP contribution is 2.20. The lowest BCUT2D eigenvalue weighted by Crippen LogP contribution is -2.38. The van der Waals surface area contributed by atoms with Crippen molar-refractivity contribution in [3.8, 4) is 0 Å². The number of carbonyl (C=O) groups is 1. The van der Waals surface area contributed by atoms with Gasteiger partial charge in [-0.1, -0.05) is 0 Å². The maximum Gasteiger partial charge on any atom is 0.335 e. The second-order valence-electron chi connectivity index (χ2n) is 5.14. The van der Waals surface area contributed by atoms with E-state index >= 15 is 0 Å². The van der Waals surface area contributed by atoms with E-state index in [9.17, 15) is 9.90 Å². The second kappa shape index (κ2) is 6.21. The predicted molar refractivity (Wildman–Crippen MR) is 72.9 cm³/mol. The molecule has 0 radical (unpaired) electrons. The normalized spacial score (nSPS) is 24.9. The third-order valence-corrected chi connectivity index (χ3v) is 3.83. The van der Waals surface area contributed by atoms with Gasteiger partial charge in [0.1, 0.15) is 0 Å². The Morgan fingerprint density at radius 1 is 1.53 bits per heavy atom. The van der Waals surface area contributed by atoms with Gasteiger partial charge in [-0.2, -0.15) is 0 Å². The molecule has 1 fully saturated rings. The molecule has 2 aliphatic heterocycles. The Morgan fingerprint density at radius 3 is 2.84 bits per heavy atom. The van der Waals surface area contributed by atoms with Crippen LogP contribution in [0, 0.1) is 0 Å². The van der Waals surface area contributed by atoms with Gasteiger partial charge in [0.15, 0.2) is 0 Å². The minimum Gasteiger partial charge on any atom is -0.478 e. The first kappa shape index (κ1) is 14.1. The standard InChI is InChI=1S/C14H22N2O3/c1-10-11(2)15-12(9-13(10)14(17)18)3-4-16-5-7-19-8-6-16/h9,11,15H,3-8H2,1-2H3,(H,17,18). The molecule has 0 aromatic carbocycles. The molecule has 5 nitrogen and oxygen atoms in total. The fraction of sp³-hybridized carbons (Fsp3) is 0.643. The molecular weight excluding hydrogens is 244 g/mol. The molecule has 106 valence electrons. The fourth-order valence-electron chi connectivity index (χ4n) is 2.43. The van der Waals surface area contributed by atoms with Crippen molar-refractivity contribution >= 4 is 5.97 Å². The third-order valence-electron chi connectivity index (χ3n) is 3.83. The number of dihydropyridines is 1. The van der Waals surface area contributed by atoms with Gasteiger partial charge in [-0.3, -0.25) is 4.90 Å². The topological polar surface area (TPSA) is 61.8 Å². The first-order chi connectivity index (χ1) is 9.08. The summed E-state index contributed by atoms with van der Waals surface area (Å²) >= 11 is 0. The quantitative estimate of drug-likeness (QED) is 0.794. The number of hydrogen-bond donors (Lipinski definition) is 2. The van der Waals surface area contributed by atoms with Crippen molar-refractivity contribution in [1.29, 1.82) is 0 Å². The van der Waals surface area contributed by atoms with Crippen molar-refractivity contribution in [3.05, 3.63) is 22.9 Å². The third kappa shape index (κ3) is 3.58. The lowest BCUT2D eigenvalue weighted by molar-refractivity contribution is -0.132. The smallest absolute Gasteiger partial charge is 0.335 e. The van der Waals surface area contributed by atoms with E-state index in [1.807, 2.05) is 13.8 Å². The average Bonchev–Trinajstić information content (AvgIpc) is 2.41. The zero-order chi connectivity index (χ0) is 13.8. The number of hydrogen-bond acceptors (Lipinski definition) is 4. The molecule has 0 amide bonds. The van der Waals surface area contributed by atoms with Gasteiger partial charge in [-0.05, 0) is 31.9 Å². The van der Waals surface area contributed by atoms with E-state index in [2.05, 4.69) is 10.2 Å². The Hall–Kier alpha value is -1.33. The summed E-state index contributed by atoms with van der Waals surface area (Å²) in [7, 11) is 0. The van der Waals surface area contributed by atoms with E-state index < -0.39 is 5.97 Å². The molecule has 0 spiro atoms. The van der Waals surface area contributed by atoms with Crippen LogP contribution in [0.3, 0.4) is 0 Å². The molecule has 2 aliphatic rings. The van der Waals surface area contributed by atoms with Gasteiger partial charge < -0.3 is 15.2 Å². The summed E-state index contributed by atoms with van der Waals surface area (Å²) < 4.78 is 5.31. The molecule has 1 saturated heterocycles. The van der Waals surface area contributed by atoms with Gasteiger partial charge in [0, 0.05) is 31.4 Å². The van der Waals surface area contributed by atoms with Crippen LogP contribution in [0.2, 0.25) is 0 Å². The van der Waals surface area contributed by atoms with Crippen LogP contribution in [-0.4, -0.2) is 54.9 Å². The lowest BCUT2D eigenvalue weighted by atomic mass is 9.97. The number of carboxylic acid groups (broad SMARTS) is 1. The molecule has 2 N–H and O–H groups in total. The number of rotatable bonds is 4. The molecule has 1 atom stereocenters. The van der Waals surface area contributed by atoms with Crippen LogP contribution in [0.4, 0.5) is 0 Å². The molecule has 2 heterocycles. The molecule has 2 rings (SSSR count). The van der Waals surface area contributed by atoms with Crippen LogP contribution in [0.15, 0.2) is 22.9 Å². The van der Waals surface area contributed by atoms with E-state index in [4.69, 9.17) is 4.74 Å². The van der Waals surface area contributed by atoms with E-state index in [1.54, 1.807) is 6.08 Å². The number of nitrogens with one attached hydrogen (secondary N) is 1. The zero-order valence-corrected chi connectivity index (χ0v) is 11.6. The van der Waals surface area contributed by atoms with E-state index in [0.717, 1.165) is 50.5 Å². The van der Waals surface area contributed by atoms with Gasteiger partial charge in [0.05, 0.1) is 18.8 Å². The van der Waals surface area contributed by atoms with Crippen molar-refractivity contribution in [1.82, 2.24) is 10.2 Å². The molecule has 1 unspecified atom stereocenters. The number of morpholine rings is 1. The highest BCUT2D eigenvalue weighted by molar-refractivity contribution is 5.91. The van der Waals surface area contributed by atoms with Crippen LogP contribution in [0.25, 0.3) is 0 Å². The van der Waals surface area contributed by atoms with E-state index in [0.29, 0.717) is 5.57 Å². The molecule has 0 aromatic heterocycles. The summed E-state index contributed by atoms with van der Waals surface area (Å²) in [5, 5.41) is 12.6. The second-order valence-corrected chi connectivity index (χ2v) is 5.14. The van der Waals surface area contributed by atoms with Gasteiger partial charge >= 0.3 is 5.97 Å². The van der Waals surface area contributed by atoms with Crippen LogP contribution in [0.1, 0.15) is 20.3 Å². The fourth-order valence-corrected chi connectivity index (χ4v) is 2.43. The number of carboxylic acids is 1. The molecule has 0 bridgehead atoms. The van der Waals surface area contributed by atoms with Crippen LogP contribution < -0.4 is 5.32 Å². The number of ether oxygens (including phenoxy) is 1. The van der Waals surface area contributed by atoms with Crippen molar-refractivity contribution in [2.24, 2.45) is 0 Å². The van der Waals surface area contributed by atoms with Crippen molar-refractivity contribution < 1.29 is 14.6 Å². The zero-order valence-electron chi connectivity index (χ0n) is 11.6. The van der Waals surface area contributed by atoms with Crippen LogP contribution in [0.5, 0.6) is 0 Å². The van der Waals surface area contributed by atoms with Crippen LogP contribution >= 0.6 is 0 Å². The highest BCUT2D eigenvalue weighted by atomic mass is 16.5. The Kier molecular flexibility index (Phi) is 4.61. The number of nitrogens with zero attached hydrogens (tertiary/aromatic N) is 1. The van der Waals surface area contributed by atoms with Gasteiger partial charge in [-0.15, -0.1) is 0 Å². The largest absolute Gasteiger partial charge is 0.478 e. The molecule has 0 aliphatic carbocycles. The predicted octanol–water partition coefficient (Wildman–Crippen LogP) is 0.985. The minimum atomic E-state index is -0.838. The first-order valence-corrected chi connectivity index (χ1v) is 6.79. The Labute approximate surface area is 113 Å². The summed E-state index contributed by atoms with van der Waals surface area (Å²) in [5.41, 5.74) is 2.34. The molecule has 19 heavy (non-hydrogen) atoms. The first-order valence-electron chi connectivity index (χ1n) is 6.79. The van der Waals surface area contributed by atoms with Crippen LogP contribution in [-0.2, 0) is 9.53 Å². The summed E-state index contributed by atoms with van der Waals surface area (Å²) in [6.07, 6.45) is 2.63. The molecule has 0 aromatic rings. The minimum absolute atomic E-state index is 0.0933. The molecule has 5 heteroatoms. The van der Waals surface area contributed by atoms with Gasteiger partial charge in [0.2, 0.25) is 0 Å². The monoisotopic (exact) mass is 266 g/mol. The van der Waals surface area contributed by atoms with Crippen molar-refractivity contribution in [2.45, 2.75) is 26.3 Å². The lowest BCUT2D eigenvalue weighted by Gasteiger charge is -2.29. The highest BCUT2D eigenvalue weighted by Gasteiger charge is 2.21. The Bertz CT molecular complexity index is 409. The molecule has 0 saturated carbocycles. The van der Waals surface area contributed by atoms with Crippen molar-refractivity contribution in [3.63, 3.8) is 0 Å².